The molecule has 0 fully saturated rings. The summed E-state index contributed by atoms with van der Waals surface area (Å²) in [6.07, 6.45) is 3.28. The van der Waals surface area contributed by atoms with Crippen LogP contribution in [0.3, 0.4) is 0 Å². The van der Waals surface area contributed by atoms with Crippen molar-refractivity contribution >= 4 is 40.5 Å². The minimum absolute atomic E-state index is 0.320. The van der Waals surface area contributed by atoms with E-state index in [2.05, 4.69) is 0 Å². The van der Waals surface area contributed by atoms with Gasteiger partial charge >= 0.3 is 0 Å². The first kappa shape index (κ1) is 14.7. The maximum Gasteiger partial charge on any atom is 0.129 e. The summed E-state index contributed by atoms with van der Waals surface area (Å²) in [5, 5.41) is 0.449. The van der Waals surface area contributed by atoms with E-state index in [1.807, 2.05) is 25.1 Å². The van der Waals surface area contributed by atoms with Crippen molar-refractivity contribution in [1.29, 1.82) is 0 Å². The fraction of sp³-hybridized carbons (Fsp3) is 0.286. The molecule has 0 radical (unpaired) electrons. The molecule has 0 spiro atoms. The molecular weight excluding hydrogens is 308 g/mol. The highest BCUT2D eigenvalue weighted by Gasteiger charge is 2.31. The van der Waals surface area contributed by atoms with E-state index >= 15 is 0 Å². The molecule has 0 saturated heterocycles. The molecule has 2 atom stereocenters. The van der Waals surface area contributed by atoms with Crippen molar-refractivity contribution < 1.29 is 4.39 Å². The van der Waals surface area contributed by atoms with Crippen LogP contribution in [0.1, 0.15) is 11.5 Å². The lowest BCUT2D eigenvalue weighted by molar-refractivity contribution is 0.598. The highest BCUT2D eigenvalue weighted by atomic mass is 35.5. The van der Waals surface area contributed by atoms with Gasteiger partial charge in [0.1, 0.15) is 5.82 Å². The van der Waals surface area contributed by atoms with Crippen molar-refractivity contribution in [3.63, 3.8) is 0 Å². The second-order valence-electron chi connectivity index (χ2n) is 4.57. The van der Waals surface area contributed by atoms with E-state index in [0.29, 0.717) is 15.6 Å². The third-order valence-electron chi connectivity index (χ3n) is 3.03. The van der Waals surface area contributed by atoms with Gasteiger partial charge in [0.2, 0.25) is 0 Å². The molecule has 1 aromatic rings. The van der Waals surface area contributed by atoms with Gasteiger partial charge in [0.25, 0.3) is 0 Å². The SMILES string of the molecule is CN(C)c1cccc(F)c1C1C(Cl)=CC(Cl)=CC1Cl. The lowest BCUT2D eigenvalue weighted by atomic mass is 9.89. The van der Waals surface area contributed by atoms with Crippen LogP contribution < -0.4 is 4.90 Å². The summed E-state index contributed by atoms with van der Waals surface area (Å²) in [5.41, 5.74) is 1.25. The third kappa shape index (κ3) is 2.91. The summed E-state index contributed by atoms with van der Waals surface area (Å²) in [4.78, 5) is 1.84. The van der Waals surface area contributed by atoms with Crippen molar-refractivity contribution in [2.75, 3.05) is 19.0 Å². The van der Waals surface area contributed by atoms with Crippen LogP contribution in [0.4, 0.5) is 10.1 Å². The Balaban J connectivity index is 2.57. The summed E-state index contributed by atoms with van der Waals surface area (Å²) >= 11 is 18.4. The van der Waals surface area contributed by atoms with Crippen molar-refractivity contribution in [3.8, 4) is 0 Å². The van der Waals surface area contributed by atoms with E-state index in [1.54, 1.807) is 18.2 Å². The van der Waals surface area contributed by atoms with Crippen molar-refractivity contribution in [3.05, 3.63) is 51.8 Å². The number of benzene rings is 1. The van der Waals surface area contributed by atoms with Crippen LogP contribution in [0, 0.1) is 5.82 Å². The van der Waals surface area contributed by atoms with Gasteiger partial charge in [0, 0.05) is 41.3 Å². The lowest BCUT2D eigenvalue weighted by Crippen LogP contribution is -2.20. The standard InChI is InChI=1S/C14H13Cl3FN/c1-19(2)12-5-3-4-11(18)14(12)13-9(16)6-8(15)7-10(13)17/h3-7,9,13H,1-2H3. The van der Waals surface area contributed by atoms with Crippen LogP contribution in [0.2, 0.25) is 0 Å². The predicted octanol–water partition coefficient (Wildman–Crippen LogP) is 4.84. The molecule has 19 heavy (non-hydrogen) atoms. The number of allylic oxidation sites excluding steroid dienone is 4. The highest BCUT2D eigenvalue weighted by molar-refractivity contribution is 6.37. The van der Waals surface area contributed by atoms with E-state index in [1.165, 1.54) is 6.07 Å². The molecule has 1 nitrogen and oxygen atoms in total. The largest absolute Gasteiger partial charge is 0.377 e. The van der Waals surface area contributed by atoms with Gasteiger partial charge < -0.3 is 4.90 Å². The van der Waals surface area contributed by atoms with Gasteiger partial charge in [-0.15, -0.1) is 11.6 Å². The molecule has 2 unspecified atom stereocenters. The number of halogens is 4. The normalized spacial score (nSPS) is 22.8. The molecule has 0 aliphatic heterocycles. The first-order chi connectivity index (χ1) is 8.91. The maximum atomic E-state index is 14.2. The van der Waals surface area contributed by atoms with Crippen LogP contribution in [0.25, 0.3) is 0 Å². The Morgan fingerprint density at radius 1 is 1.21 bits per heavy atom. The zero-order chi connectivity index (χ0) is 14.2. The Morgan fingerprint density at radius 3 is 2.47 bits per heavy atom. The minimum Gasteiger partial charge on any atom is -0.377 e. The fourth-order valence-electron chi connectivity index (χ4n) is 2.19. The second-order valence-corrected chi connectivity index (χ2v) is 5.95. The van der Waals surface area contributed by atoms with Crippen LogP contribution in [-0.4, -0.2) is 19.5 Å². The van der Waals surface area contributed by atoms with Gasteiger partial charge in [-0.3, -0.25) is 0 Å². The molecular formula is C14H13Cl3FN. The van der Waals surface area contributed by atoms with E-state index < -0.39 is 11.3 Å². The fourth-order valence-corrected chi connectivity index (χ4v) is 3.39. The van der Waals surface area contributed by atoms with E-state index in [-0.39, 0.29) is 5.82 Å². The zero-order valence-corrected chi connectivity index (χ0v) is 12.8. The Hall–Kier alpha value is -0.700. The summed E-state index contributed by atoms with van der Waals surface area (Å²) in [7, 11) is 3.70. The first-order valence-corrected chi connectivity index (χ1v) is 6.95. The number of alkyl halides is 1. The van der Waals surface area contributed by atoms with Gasteiger partial charge in [-0.05, 0) is 24.3 Å². The molecule has 0 aromatic heterocycles. The van der Waals surface area contributed by atoms with Crippen molar-refractivity contribution in [1.82, 2.24) is 0 Å². The molecule has 0 heterocycles. The molecule has 5 heteroatoms. The summed E-state index contributed by atoms with van der Waals surface area (Å²) < 4.78 is 14.2. The maximum absolute atomic E-state index is 14.2. The van der Waals surface area contributed by atoms with Crippen LogP contribution in [0.15, 0.2) is 40.4 Å². The molecule has 0 N–H and O–H groups in total. The lowest BCUT2D eigenvalue weighted by Gasteiger charge is -2.28. The highest BCUT2D eigenvalue weighted by Crippen LogP contribution is 2.43. The number of hydrogen-bond acceptors (Lipinski definition) is 1. The molecule has 0 amide bonds. The molecule has 2 rings (SSSR count). The van der Waals surface area contributed by atoms with E-state index in [4.69, 9.17) is 34.8 Å². The smallest absolute Gasteiger partial charge is 0.129 e. The molecule has 1 aromatic carbocycles. The molecule has 102 valence electrons. The van der Waals surface area contributed by atoms with Gasteiger partial charge in [-0.1, -0.05) is 29.3 Å². The van der Waals surface area contributed by atoms with Crippen LogP contribution in [0.5, 0.6) is 0 Å². The molecule has 0 bridgehead atoms. The number of rotatable bonds is 2. The van der Waals surface area contributed by atoms with Gasteiger partial charge in [0.05, 0.1) is 5.38 Å². The third-order valence-corrected chi connectivity index (χ3v) is 3.99. The van der Waals surface area contributed by atoms with Gasteiger partial charge in [0.15, 0.2) is 0 Å². The Bertz CT molecular complexity index is 552. The topological polar surface area (TPSA) is 3.24 Å². The Morgan fingerprint density at radius 2 is 1.89 bits per heavy atom. The zero-order valence-electron chi connectivity index (χ0n) is 10.5. The van der Waals surface area contributed by atoms with Crippen molar-refractivity contribution in [2.45, 2.75) is 11.3 Å². The summed E-state index contributed by atoms with van der Waals surface area (Å²) in [6, 6.07) is 4.92. The molecule has 0 saturated carbocycles. The average molecular weight is 321 g/mol. The monoisotopic (exact) mass is 319 g/mol. The second kappa shape index (κ2) is 5.74. The number of hydrogen-bond donors (Lipinski definition) is 0. The first-order valence-electron chi connectivity index (χ1n) is 5.76. The minimum atomic E-state index is -0.472. The molecule has 1 aliphatic carbocycles. The summed E-state index contributed by atoms with van der Waals surface area (Å²) in [6.45, 7) is 0. The van der Waals surface area contributed by atoms with Crippen LogP contribution in [-0.2, 0) is 0 Å². The predicted molar refractivity (Wildman–Crippen MR) is 81.0 cm³/mol. The summed E-state index contributed by atoms with van der Waals surface area (Å²) in [5.74, 6) is -0.746. The quantitative estimate of drug-likeness (QED) is 0.705. The number of nitrogens with zero attached hydrogens (tertiary/aromatic N) is 1. The Labute approximate surface area is 127 Å². The van der Waals surface area contributed by atoms with Gasteiger partial charge in [-0.25, -0.2) is 4.39 Å². The van der Waals surface area contributed by atoms with Crippen molar-refractivity contribution in [2.24, 2.45) is 0 Å². The number of anilines is 1. The van der Waals surface area contributed by atoms with Crippen LogP contribution >= 0.6 is 34.8 Å². The van der Waals surface area contributed by atoms with Gasteiger partial charge in [-0.2, -0.15) is 0 Å². The molecule has 1 aliphatic rings. The average Bonchev–Trinajstić information content (AvgIpc) is 2.29. The van der Waals surface area contributed by atoms with E-state index in [9.17, 15) is 4.39 Å². The Kier molecular flexibility index (Phi) is 4.44. The van der Waals surface area contributed by atoms with E-state index in [0.717, 1.165) is 5.69 Å².